The standard InChI is InChI=1S/C14H15N5OS3/c1-9(6-7-15)22-11-5-3-2-4-10(11)17-12(20)8-21-14-19-18-13(16)23-14/h2-5,9H,6,8H2,1H3,(H2,16,18)(H,17,20). The number of anilines is 2. The van der Waals surface area contributed by atoms with E-state index in [-0.39, 0.29) is 16.9 Å². The minimum atomic E-state index is -0.121. The largest absolute Gasteiger partial charge is 0.374 e. The first-order chi connectivity index (χ1) is 11.1. The Hall–Kier alpha value is -1.76. The van der Waals surface area contributed by atoms with Crippen molar-refractivity contribution < 1.29 is 4.79 Å². The molecule has 0 saturated carbocycles. The number of benzene rings is 1. The summed E-state index contributed by atoms with van der Waals surface area (Å²) in [6.45, 7) is 1.99. The van der Waals surface area contributed by atoms with Crippen molar-refractivity contribution in [3.8, 4) is 6.07 Å². The summed E-state index contributed by atoms with van der Waals surface area (Å²) in [7, 11) is 0. The van der Waals surface area contributed by atoms with E-state index in [0.29, 0.717) is 15.9 Å². The van der Waals surface area contributed by atoms with Crippen LogP contribution in [0.15, 0.2) is 33.5 Å². The average Bonchev–Trinajstić information content (AvgIpc) is 2.93. The first-order valence-corrected chi connectivity index (χ1v) is 9.41. The second-order valence-corrected chi connectivity index (χ2v) is 8.24. The van der Waals surface area contributed by atoms with E-state index in [1.54, 1.807) is 11.8 Å². The van der Waals surface area contributed by atoms with Crippen LogP contribution in [0.25, 0.3) is 0 Å². The molecule has 0 saturated heterocycles. The molecule has 0 fully saturated rings. The summed E-state index contributed by atoms with van der Waals surface area (Å²) in [6, 6.07) is 9.73. The van der Waals surface area contributed by atoms with Crippen molar-refractivity contribution >= 4 is 51.6 Å². The van der Waals surface area contributed by atoms with E-state index in [4.69, 9.17) is 11.0 Å². The van der Waals surface area contributed by atoms with Gasteiger partial charge in [0.05, 0.1) is 17.5 Å². The molecule has 2 rings (SSSR count). The highest BCUT2D eigenvalue weighted by molar-refractivity contribution is 8.01. The van der Waals surface area contributed by atoms with Crippen LogP contribution in [0.1, 0.15) is 13.3 Å². The molecule has 1 aromatic heterocycles. The van der Waals surface area contributed by atoms with Gasteiger partial charge in [0, 0.05) is 16.6 Å². The predicted molar refractivity (Wildman–Crippen MR) is 95.7 cm³/mol. The fraction of sp³-hybridized carbons (Fsp3) is 0.286. The number of nitrogens with one attached hydrogen (secondary N) is 1. The van der Waals surface area contributed by atoms with Gasteiger partial charge in [0.15, 0.2) is 4.34 Å². The zero-order valence-corrected chi connectivity index (χ0v) is 14.8. The monoisotopic (exact) mass is 365 g/mol. The van der Waals surface area contributed by atoms with E-state index in [9.17, 15) is 4.79 Å². The molecule has 9 heteroatoms. The average molecular weight is 366 g/mol. The van der Waals surface area contributed by atoms with Gasteiger partial charge in [-0.3, -0.25) is 4.79 Å². The molecule has 120 valence electrons. The zero-order valence-electron chi connectivity index (χ0n) is 12.4. The molecule has 23 heavy (non-hydrogen) atoms. The highest BCUT2D eigenvalue weighted by Crippen LogP contribution is 2.32. The van der Waals surface area contributed by atoms with Crippen molar-refractivity contribution in [3.63, 3.8) is 0 Å². The third-order valence-corrected chi connectivity index (χ3v) is 5.68. The lowest BCUT2D eigenvalue weighted by Gasteiger charge is -2.13. The van der Waals surface area contributed by atoms with Gasteiger partial charge in [0.25, 0.3) is 0 Å². The number of thioether (sulfide) groups is 2. The first-order valence-electron chi connectivity index (χ1n) is 6.72. The Balaban J connectivity index is 1.93. The van der Waals surface area contributed by atoms with Crippen LogP contribution >= 0.6 is 34.9 Å². The van der Waals surface area contributed by atoms with Crippen LogP contribution in [0, 0.1) is 11.3 Å². The third-order valence-electron chi connectivity index (χ3n) is 2.62. The smallest absolute Gasteiger partial charge is 0.234 e. The Bertz CT molecular complexity index is 712. The molecule has 3 N–H and O–H groups in total. The first kappa shape index (κ1) is 17.6. The maximum absolute atomic E-state index is 12.1. The number of aromatic nitrogens is 2. The van der Waals surface area contributed by atoms with E-state index in [2.05, 4.69) is 21.6 Å². The Morgan fingerprint density at radius 3 is 2.96 bits per heavy atom. The lowest BCUT2D eigenvalue weighted by molar-refractivity contribution is -0.113. The number of para-hydroxylation sites is 1. The third kappa shape index (κ3) is 5.74. The molecule has 0 aliphatic carbocycles. The molecule has 0 spiro atoms. The Labute approximate surface area is 146 Å². The molecule has 1 aromatic carbocycles. The van der Waals surface area contributed by atoms with Gasteiger partial charge in [0.1, 0.15) is 0 Å². The van der Waals surface area contributed by atoms with Gasteiger partial charge in [0.2, 0.25) is 11.0 Å². The van der Waals surface area contributed by atoms with Crippen LogP contribution in [-0.2, 0) is 4.79 Å². The van der Waals surface area contributed by atoms with Crippen LogP contribution in [0.2, 0.25) is 0 Å². The molecule has 2 aromatic rings. The lowest BCUT2D eigenvalue weighted by Crippen LogP contribution is -2.14. The molecule has 6 nitrogen and oxygen atoms in total. The van der Waals surface area contributed by atoms with E-state index in [1.165, 1.54) is 23.1 Å². The van der Waals surface area contributed by atoms with E-state index in [0.717, 1.165) is 10.6 Å². The number of carbonyl (C=O) groups is 1. The zero-order chi connectivity index (χ0) is 16.7. The van der Waals surface area contributed by atoms with Gasteiger partial charge in [-0.25, -0.2) is 0 Å². The fourth-order valence-corrected chi connectivity index (χ4v) is 4.08. The van der Waals surface area contributed by atoms with E-state index in [1.807, 2.05) is 31.2 Å². The fourth-order valence-electron chi connectivity index (χ4n) is 1.65. The summed E-state index contributed by atoms with van der Waals surface area (Å²) >= 11 is 4.13. The summed E-state index contributed by atoms with van der Waals surface area (Å²) < 4.78 is 0.669. The molecule has 1 amide bonds. The SMILES string of the molecule is CC(CC#N)Sc1ccccc1NC(=O)CSc1nnc(N)s1. The van der Waals surface area contributed by atoms with Crippen LogP contribution in [0.4, 0.5) is 10.8 Å². The van der Waals surface area contributed by atoms with Crippen molar-refractivity contribution in [3.05, 3.63) is 24.3 Å². The van der Waals surface area contributed by atoms with Crippen molar-refractivity contribution in [1.29, 1.82) is 5.26 Å². The number of nitrogen functional groups attached to an aromatic ring is 1. The predicted octanol–water partition coefficient (Wildman–Crippen LogP) is 3.25. The number of amides is 1. The van der Waals surface area contributed by atoms with Gasteiger partial charge in [-0.2, -0.15) is 5.26 Å². The maximum Gasteiger partial charge on any atom is 0.234 e. The van der Waals surface area contributed by atoms with Gasteiger partial charge in [-0.1, -0.05) is 42.2 Å². The number of nitriles is 1. The Morgan fingerprint density at radius 1 is 1.48 bits per heavy atom. The number of nitrogens with zero attached hydrogens (tertiary/aromatic N) is 3. The Morgan fingerprint density at radius 2 is 2.26 bits per heavy atom. The lowest BCUT2D eigenvalue weighted by atomic mass is 10.3. The molecule has 0 bridgehead atoms. The highest BCUT2D eigenvalue weighted by Gasteiger charge is 2.12. The molecule has 1 atom stereocenters. The molecule has 0 radical (unpaired) electrons. The summed E-state index contributed by atoms with van der Waals surface area (Å²) in [6.07, 6.45) is 0.460. The topological polar surface area (TPSA) is 105 Å². The van der Waals surface area contributed by atoms with Crippen molar-refractivity contribution in [1.82, 2.24) is 10.2 Å². The van der Waals surface area contributed by atoms with Crippen LogP contribution in [-0.4, -0.2) is 27.1 Å². The normalized spacial score (nSPS) is 11.7. The quantitative estimate of drug-likeness (QED) is 0.726. The summed E-state index contributed by atoms with van der Waals surface area (Å²) in [5.74, 6) is 0.117. The molecule has 0 aliphatic rings. The molecule has 0 aliphatic heterocycles. The van der Waals surface area contributed by atoms with Crippen molar-refractivity contribution in [2.45, 2.75) is 27.8 Å². The van der Waals surface area contributed by atoms with Crippen molar-refractivity contribution in [2.24, 2.45) is 0 Å². The summed E-state index contributed by atoms with van der Waals surface area (Å²) in [5.41, 5.74) is 6.26. The summed E-state index contributed by atoms with van der Waals surface area (Å²) in [4.78, 5) is 13.0. The number of carbonyl (C=O) groups excluding carboxylic acids is 1. The molecular weight excluding hydrogens is 350 g/mol. The van der Waals surface area contributed by atoms with Crippen LogP contribution in [0.5, 0.6) is 0 Å². The van der Waals surface area contributed by atoms with Gasteiger partial charge >= 0.3 is 0 Å². The number of hydrogen-bond acceptors (Lipinski definition) is 8. The summed E-state index contributed by atoms with van der Waals surface area (Å²) in [5, 5.41) is 19.8. The minimum absolute atomic E-state index is 0.121. The van der Waals surface area contributed by atoms with E-state index < -0.39 is 0 Å². The van der Waals surface area contributed by atoms with Crippen molar-refractivity contribution in [2.75, 3.05) is 16.8 Å². The van der Waals surface area contributed by atoms with Gasteiger partial charge in [-0.15, -0.1) is 22.0 Å². The molecular formula is C14H15N5OS3. The molecule has 1 heterocycles. The van der Waals surface area contributed by atoms with E-state index >= 15 is 0 Å². The van der Waals surface area contributed by atoms with Crippen LogP contribution in [0.3, 0.4) is 0 Å². The van der Waals surface area contributed by atoms with Gasteiger partial charge < -0.3 is 11.1 Å². The Kier molecular flexibility index (Phi) is 6.70. The number of rotatable bonds is 7. The number of hydrogen-bond donors (Lipinski definition) is 2. The second kappa shape index (κ2) is 8.76. The minimum Gasteiger partial charge on any atom is -0.374 e. The maximum atomic E-state index is 12.1. The van der Waals surface area contributed by atoms with Gasteiger partial charge in [-0.05, 0) is 12.1 Å². The second-order valence-electron chi connectivity index (χ2n) is 4.53. The van der Waals surface area contributed by atoms with Crippen LogP contribution < -0.4 is 11.1 Å². The number of nitrogens with two attached hydrogens (primary N) is 1. The molecule has 1 unspecified atom stereocenters. The highest BCUT2D eigenvalue weighted by atomic mass is 32.2.